The van der Waals surface area contributed by atoms with Gasteiger partial charge in [-0.05, 0) is 57.5 Å². The first kappa shape index (κ1) is 28.1. The van der Waals surface area contributed by atoms with Crippen LogP contribution >= 0.6 is 0 Å². The average Bonchev–Trinajstić information content (AvgIpc) is 2.79. The van der Waals surface area contributed by atoms with Gasteiger partial charge in [-0.15, -0.1) is 0 Å². The van der Waals surface area contributed by atoms with Crippen molar-refractivity contribution in [3.8, 4) is 5.75 Å². The number of halogens is 1. The van der Waals surface area contributed by atoms with E-state index in [0.717, 1.165) is 6.26 Å². The lowest BCUT2D eigenvalue weighted by Crippen LogP contribution is -2.49. The fourth-order valence-corrected chi connectivity index (χ4v) is 4.52. The Labute approximate surface area is 207 Å². The first-order valence-corrected chi connectivity index (χ1v) is 13.2. The van der Waals surface area contributed by atoms with Crippen LogP contribution in [0.2, 0.25) is 0 Å². The summed E-state index contributed by atoms with van der Waals surface area (Å²) in [7, 11) is -2.08. The van der Waals surface area contributed by atoms with Crippen LogP contribution in [0.15, 0.2) is 48.5 Å². The van der Waals surface area contributed by atoms with E-state index in [1.807, 2.05) is 13.8 Å². The molecule has 0 spiro atoms. The molecule has 0 bridgehead atoms. The molecular weight excluding hydrogens is 473 g/mol. The van der Waals surface area contributed by atoms with Crippen molar-refractivity contribution >= 4 is 27.5 Å². The second-order valence-electron chi connectivity index (χ2n) is 8.59. The molecule has 0 saturated carbocycles. The van der Waals surface area contributed by atoms with Crippen molar-refractivity contribution in [1.82, 2.24) is 10.2 Å². The first-order chi connectivity index (χ1) is 16.4. The lowest BCUT2D eigenvalue weighted by molar-refractivity contribution is -0.140. The highest BCUT2D eigenvalue weighted by molar-refractivity contribution is 7.92. The molecule has 0 aliphatic carbocycles. The summed E-state index contributed by atoms with van der Waals surface area (Å²) < 4.78 is 45.4. The van der Waals surface area contributed by atoms with Gasteiger partial charge in [0.2, 0.25) is 21.8 Å². The van der Waals surface area contributed by atoms with Gasteiger partial charge in [0, 0.05) is 31.1 Å². The van der Waals surface area contributed by atoms with Crippen LogP contribution in [0.1, 0.15) is 39.2 Å². The summed E-state index contributed by atoms with van der Waals surface area (Å²) in [4.78, 5) is 27.1. The van der Waals surface area contributed by atoms with Gasteiger partial charge in [0.1, 0.15) is 17.6 Å². The van der Waals surface area contributed by atoms with Gasteiger partial charge < -0.3 is 15.0 Å². The van der Waals surface area contributed by atoms with Crippen LogP contribution in [0.4, 0.5) is 10.1 Å². The molecule has 1 atom stereocenters. The first-order valence-electron chi connectivity index (χ1n) is 11.4. The highest BCUT2D eigenvalue weighted by atomic mass is 32.2. The lowest BCUT2D eigenvalue weighted by Gasteiger charge is -2.30. The number of ether oxygens (including phenoxy) is 1. The maximum atomic E-state index is 14.3. The van der Waals surface area contributed by atoms with Crippen molar-refractivity contribution in [2.75, 3.05) is 24.2 Å². The van der Waals surface area contributed by atoms with Gasteiger partial charge in [-0.3, -0.25) is 13.9 Å². The van der Waals surface area contributed by atoms with Gasteiger partial charge in [0.15, 0.2) is 0 Å². The van der Waals surface area contributed by atoms with Crippen LogP contribution in [0.25, 0.3) is 0 Å². The Hall–Kier alpha value is -3.14. The number of nitrogens with one attached hydrogen (secondary N) is 1. The van der Waals surface area contributed by atoms with E-state index < -0.39 is 21.9 Å². The Morgan fingerprint density at radius 3 is 2.23 bits per heavy atom. The SMILES string of the molecule is COc1ccc(N(CCCC(=O)N(Cc2ccccc2F)C(C)C(=O)NC(C)C)S(C)(=O)=O)cc1. The summed E-state index contributed by atoms with van der Waals surface area (Å²) in [6, 6.07) is 11.7. The minimum atomic E-state index is -3.60. The summed E-state index contributed by atoms with van der Waals surface area (Å²) in [6.45, 7) is 5.21. The Kier molecular flexibility index (Phi) is 10.1. The maximum Gasteiger partial charge on any atom is 0.242 e. The smallest absolute Gasteiger partial charge is 0.242 e. The summed E-state index contributed by atoms with van der Waals surface area (Å²) in [5.41, 5.74) is 0.745. The molecule has 10 heteroatoms. The molecule has 1 unspecified atom stereocenters. The highest BCUT2D eigenvalue weighted by Crippen LogP contribution is 2.22. The predicted molar refractivity (Wildman–Crippen MR) is 134 cm³/mol. The standard InChI is InChI=1S/C25H34FN3O5S/c1-18(2)27-25(31)19(3)28(17-20-9-6-7-10-23(20)26)24(30)11-8-16-29(35(5,32)33)21-12-14-22(34-4)15-13-21/h6-7,9-10,12-15,18-19H,8,11,16-17H2,1-5H3,(H,27,31). The summed E-state index contributed by atoms with van der Waals surface area (Å²) >= 11 is 0. The molecule has 35 heavy (non-hydrogen) atoms. The monoisotopic (exact) mass is 507 g/mol. The third-order valence-corrected chi connectivity index (χ3v) is 6.60. The molecule has 8 nitrogen and oxygen atoms in total. The molecule has 192 valence electrons. The molecular formula is C25H34FN3O5S. The molecule has 0 radical (unpaired) electrons. The van der Waals surface area contributed by atoms with Crippen LogP contribution in [0.3, 0.4) is 0 Å². The molecule has 2 aromatic carbocycles. The van der Waals surface area contributed by atoms with Gasteiger partial charge in [-0.1, -0.05) is 18.2 Å². The Morgan fingerprint density at radius 1 is 1.06 bits per heavy atom. The molecule has 0 aromatic heterocycles. The van der Waals surface area contributed by atoms with Gasteiger partial charge in [0.25, 0.3) is 0 Å². The van der Waals surface area contributed by atoms with Crippen molar-refractivity contribution in [2.45, 2.75) is 52.2 Å². The molecule has 0 aliphatic rings. The zero-order chi connectivity index (χ0) is 26.2. The zero-order valence-electron chi connectivity index (χ0n) is 20.8. The van der Waals surface area contributed by atoms with Gasteiger partial charge in [-0.25, -0.2) is 12.8 Å². The Bertz CT molecular complexity index is 1110. The molecule has 2 aromatic rings. The fraction of sp³-hybridized carbons (Fsp3) is 0.440. The van der Waals surface area contributed by atoms with Crippen LogP contribution in [0.5, 0.6) is 5.75 Å². The minimum Gasteiger partial charge on any atom is -0.497 e. The summed E-state index contributed by atoms with van der Waals surface area (Å²) in [5, 5.41) is 2.78. The van der Waals surface area contributed by atoms with E-state index in [9.17, 15) is 22.4 Å². The van der Waals surface area contributed by atoms with Crippen LogP contribution in [0, 0.1) is 5.82 Å². The quantitative estimate of drug-likeness (QED) is 0.476. The maximum absolute atomic E-state index is 14.3. The molecule has 2 rings (SSSR count). The number of hydrogen-bond acceptors (Lipinski definition) is 5. The van der Waals surface area contributed by atoms with Crippen molar-refractivity contribution in [3.05, 3.63) is 59.9 Å². The van der Waals surface area contributed by atoms with Crippen molar-refractivity contribution in [3.63, 3.8) is 0 Å². The predicted octanol–water partition coefficient (Wildman–Crippen LogP) is 3.32. The number of amides is 2. The minimum absolute atomic E-state index is 0.0179. The third-order valence-electron chi connectivity index (χ3n) is 5.41. The van der Waals surface area contributed by atoms with E-state index in [0.29, 0.717) is 17.0 Å². The molecule has 0 aliphatic heterocycles. The number of carbonyl (C=O) groups excluding carboxylic acids is 2. The number of sulfonamides is 1. The summed E-state index contributed by atoms with van der Waals surface area (Å²) in [5.74, 6) is -0.595. The summed E-state index contributed by atoms with van der Waals surface area (Å²) in [6.07, 6.45) is 1.29. The number of carbonyl (C=O) groups is 2. The van der Waals surface area contributed by atoms with E-state index in [-0.39, 0.29) is 43.8 Å². The van der Waals surface area contributed by atoms with Crippen LogP contribution in [-0.4, -0.2) is 57.1 Å². The average molecular weight is 508 g/mol. The van der Waals surface area contributed by atoms with Gasteiger partial charge in [-0.2, -0.15) is 0 Å². The van der Waals surface area contributed by atoms with E-state index in [2.05, 4.69) is 5.32 Å². The molecule has 0 heterocycles. The van der Waals surface area contributed by atoms with Crippen molar-refractivity contribution < 1.29 is 27.1 Å². The third kappa shape index (κ3) is 8.24. The molecule has 2 amide bonds. The molecule has 0 saturated heterocycles. The van der Waals surface area contributed by atoms with E-state index in [1.54, 1.807) is 49.4 Å². The number of nitrogens with zero attached hydrogens (tertiary/aromatic N) is 2. The van der Waals surface area contributed by atoms with Gasteiger partial charge >= 0.3 is 0 Å². The zero-order valence-corrected chi connectivity index (χ0v) is 21.6. The second-order valence-corrected chi connectivity index (χ2v) is 10.5. The van der Waals surface area contributed by atoms with Crippen molar-refractivity contribution in [2.24, 2.45) is 0 Å². The highest BCUT2D eigenvalue weighted by Gasteiger charge is 2.27. The fourth-order valence-electron chi connectivity index (χ4n) is 3.55. The molecule has 0 fully saturated rings. The number of benzene rings is 2. The van der Waals surface area contributed by atoms with Crippen LogP contribution in [-0.2, 0) is 26.2 Å². The number of methoxy groups -OCH3 is 1. The second kappa shape index (κ2) is 12.5. The van der Waals surface area contributed by atoms with Crippen LogP contribution < -0.4 is 14.4 Å². The number of anilines is 1. The Morgan fingerprint density at radius 2 is 1.69 bits per heavy atom. The topological polar surface area (TPSA) is 96.0 Å². The van der Waals surface area contributed by atoms with Gasteiger partial charge in [0.05, 0.1) is 19.1 Å². The molecule has 1 N–H and O–H groups in total. The number of hydrogen-bond donors (Lipinski definition) is 1. The normalized spacial score (nSPS) is 12.2. The van der Waals surface area contributed by atoms with E-state index in [4.69, 9.17) is 4.74 Å². The Balaban J connectivity index is 2.17. The largest absolute Gasteiger partial charge is 0.497 e. The van der Waals surface area contributed by atoms with E-state index in [1.165, 1.54) is 22.4 Å². The van der Waals surface area contributed by atoms with Crippen molar-refractivity contribution in [1.29, 1.82) is 0 Å². The lowest BCUT2D eigenvalue weighted by atomic mass is 10.1. The number of rotatable bonds is 12. The van der Waals surface area contributed by atoms with E-state index >= 15 is 0 Å².